The van der Waals surface area contributed by atoms with Crippen molar-refractivity contribution < 1.29 is 28.2 Å². The number of hydrogen-bond acceptors (Lipinski definition) is 5. The Bertz CT molecular complexity index is 704. The maximum absolute atomic E-state index is 13.8. The van der Waals surface area contributed by atoms with Crippen molar-refractivity contribution in [2.75, 3.05) is 20.8 Å². The quantitative estimate of drug-likeness (QED) is 0.857. The summed E-state index contributed by atoms with van der Waals surface area (Å²) in [6.45, 7) is 3.61. The van der Waals surface area contributed by atoms with Crippen LogP contribution >= 0.6 is 0 Å². The first-order valence-corrected chi connectivity index (χ1v) is 7.32. The number of carbonyl (C=O) groups excluding carboxylic acids is 1. The minimum atomic E-state index is -1.09. The van der Waals surface area contributed by atoms with Crippen molar-refractivity contribution in [3.05, 3.63) is 40.6 Å². The molecular weight excluding hydrogens is 320 g/mol. The van der Waals surface area contributed by atoms with Crippen LogP contribution in [0.15, 0.2) is 28.4 Å². The number of phenolic OH excluding ortho intramolecular Hbond substituents is 1. The Morgan fingerprint density at radius 3 is 2.33 bits per heavy atom. The third-order valence-electron chi connectivity index (χ3n) is 4.13. The molecule has 0 saturated carbocycles. The highest BCUT2D eigenvalue weighted by atomic mass is 19.1. The first-order chi connectivity index (χ1) is 11.3. The molecule has 0 radical (unpaired) electrons. The number of benzene rings is 1. The Morgan fingerprint density at radius 1 is 1.25 bits per heavy atom. The maximum atomic E-state index is 13.8. The molecule has 7 heteroatoms. The molecule has 130 valence electrons. The van der Waals surface area contributed by atoms with E-state index in [1.54, 1.807) is 13.8 Å². The molecule has 1 N–H and O–H groups in total. The number of ether oxygens (including phenoxy) is 2. The molecule has 2 rings (SSSR count). The average Bonchev–Trinajstić information content (AvgIpc) is 2.53. The van der Waals surface area contributed by atoms with Gasteiger partial charge in [-0.25, -0.2) is 13.6 Å². The van der Waals surface area contributed by atoms with E-state index >= 15 is 0 Å². The Morgan fingerprint density at radius 2 is 1.83 bits per heavy atom. The molecular formula is C17H19F2NO4. The van der Waals surface area contributed by atoms with Gasteiger partial charge in [-0.3, -0.25) is 4.99 Å². The molecule has 1 heterocycles. The van der Waals surface area contributed by atoms with Crippen molar-refractivity contribution in [2.24, 2.45) is 10.9 Å². The van der Waals surface area contributed by atoms with Gasteiger partial charge in [-0.05, 0) is 31.5 Å². The van der Waals surface area contributed by atoms with Crippen molar-refractivity contribution >= 4 is 11.7 Å². The number of aliphatic imine (C=N–C) groups is 1. The highest BCUT2D eigenvalue weighted by Crippen LogP contribution is 2.41. The smallest absolute Gasteiger partial charge is 0.336 e. The van der Waals surface area contributed by atoms with Gasteiger partial charge >= 0.3 is 5.97 Å². The number of hydrogen-bond donors (Lipinski definition) is 1. The van der Waals surface area contributed by atoms with Crippen molar-refractivity contribution in [3.8, 4) is 5.75 Å². The van der Waals surface area contributed by atoms with Crippen molar-refractivity contribution in [2.45, 2.75) is 19.8 Å². The van der Waals surface area contributed by atoms with E-state index in [2.05, 4.69) is 4.99 Å². The number of halogens is 2. The van der Waals surface area contributed by atoms with Crippen molar-refractivity contribution in [3.63, 3.8) is 0 Å². The lowest BCUT2D eigenvalue weighted by atomic mass is 9.76. The number of carbonyl (C=O) groups is 1. The van der Waals surface area contributed by atoms with Crippen LogP contribution in [0.25, 0.3) is 0 Å². The summed E-state index contributed by atoms with van der Waals surface area (Å²) < 4.78 is 37.7. The van der Waals surface area contributed by atoms with Crippen LogP contribution in [-0.4, -0.2) is 37.6 Å². The molecule has 1 aromatic rings. The van der Waals surface area contributed by atoms with Crippen LogP contribution in [0.5, 0.6) is 5.75 Å². The Hall–Kier alpha value is -2.28. The van der Waals surface area contributed by atoms with Gasteiger partial charge in [0.05, 0.1) is 19.3 Å². The van der Waals surface area contributed by atoms with Crippen LogP contribution in [0.2, 0.25) is 0 Å². The van der Waals surface area contributed by atoms with Crippen LogP contribution in [0.3, 0.4) is 0 Å². The second-order valence-corrected chi connectivity index (χ2v) is 5.62. The van der Waals surface area contributed by atoms with Crippen LogP contribution < -0.4 is 0 Å². The van der Waals surface area contributed by atoms with E-state index in [1.807, 2.05) is 0 Å². The molecule has 24 heavy (non-hydrogen) atoms. The number of rotatable bonds is 4. The van der Waals surface area contributed by atoms with Gasteiger partial charge in [-0.15, -0.1) is 0 Å². The summed E-state index contributed by atoms with van der Waals surface area (Å²) >= 11 is 0. The number of methoxy groups -OCH3 is 2. The molecule has 0 aliphatic carbocycles. The zero-order valence-electron chi connectivity index (χ0n) is 13.9. The Labute approximate surface area is 138 Å². The van der Waals surface area contributed by atoms with E-state index < -0.39 is 35.2 Å². The predicted molar refractivity (Wildman–Crippen MR) is 84.0 cm³/mol. The molecule has 1 aromatic carbocycles. The minimum absolute atomic E-state index is 0.206. The van der Waals surface area contributed by atoms with Crippen molar-refractivity contribution in [1.29, 1.82) is 0 Å². The number of aromatic hydroxyl groups is 1. The van der Waals surface area contributed by atoms with Gasteiger partial charge in [0.15, 0.2) is 17.4 Å². The van der Waals surface area contributed by atoms with Gasteiger partial charge in [0.25, 0.3) is 0 Å². The number of phenols is 1. The van der Waals surface area contributed by atoms with E-state index in [0.29, 0.717) is 11.4 Å². The molecule has 1 aliphatic rings. The fraction of sp³-hybridized carbons (Fsp3) is 0.412. The number of esters is 1. The molecule has 0 saturated heterocycles. The largest absolute Gasteiger partial charge is 0.503 e. The SMILES string of the molecule is COCC1C(C)=NC(C)=C(C(=O)OC)C1c1cc(F)c(O)c(F)c1. The summed E-state index contributed by atoms with van der Waals surface area (Å²) in [7, 11) is 2.72. The standard InChI is InChI=1S/C17H19F2NO4/c1-8-11(7-23-3)15(14(9(2)20-8)17(22)24-4)10-5-12(18)16(21)13(19)6-10/h5-6,11,15,21H,7H2,1-4H3. The lowest BCUT2D eigenvalue weighted by molar-refractivity contribution is -0.136. The highest BCUT2D eigenvalue weighted by molar-refractivity contribution is 5.97. The molecule has 2 atom stereocenters. The molecule has 1 aliphatic heterocycles. The molecule has 0 amide bonds. The third-order valence-corrected chi connectivity index (χ3v) is 4.13. The van der Waals surface area contributed by atoms with Gasteiger partial charge in [0, 0.05) is 30.4 Å². The van der Waals surface area contributed by atoms with E-state index in [4.69, 9.17) is 9.47 Å². The monoisotopic (exact) mass is 339 g/mol. The summed E-state index contributed by atoms with van der Waals surface area (Å²) in [5.74, 6) is -4.95. The van der Waals surface area contributed by atoms with Crippen LogP contribution in [0, 0.1) is 17.6 Å². The number of allylic oxidation sites excluding steroid dienone is 1. The second kappa shape index (κ2) is 7.09. The van der Waals surface area contributed by atoms with Crippen LogP contribution in [-0.2, 0) is 14.3 Å². The molecule has 0 spiro atoms. The summed E-state index contributed by atoms with van der Waals surface area (Å²) in [5.41, 5.74) is 1.53. The molecule has 2 unspecified atom stereocenters. The fourth-order valence-corrected chi connectivity index (χ4v) is 3.02. The van der Waals surface area contributed by atoms with E-state index in [9.17, 15) is 18.7 Å². The van der Waals surface area contributed by atoms with Crippen LogP contribution in [0.4, 0.5) is 8.78 Å². The summed E-state index contributed by atoms with van der Waals surface area (Å²) in [4.78, 5) is 16.6. The van der Waals surface area contributed by atoms with Gasteiger partial charge < -0.3 is 14.6 Å². The van der Waals surface area contributed by atoms with Gasteiger partial charge in [-0.2, -0.15) is 0 Å². The van der Waals surface area contributed by atoms with Gasteiger partial charge in [0.2, 0.25) is 0 Å². The first kappa shape index (κ1) is 18.1. The summed E-state index contributed by atoms with van der Waals surface area (Å²) in [6, 6.07) is 2.03. The summed E-state index contributed by atoms with van der Waals surface area (Å²) in [5, 5.41) is 9.32. The molecule has 5 nitrogen and oxygen atoms in total. The van der Waals surface area contributed by atoms with E-state index in [1.165, 1.54) is 14.2 Å². The maximum Gasteiger partial charge on any atom is 0.336 e. The lowest BCUT2D eigenvalue weighted by Crippen LogP contribution is -2.33. The Balaban J connectivity index is 2.67. The van der Waals surface area contributed by atoms with Gasteiger partial charge in [0.1, 0.15) is 0 Å². The topological polar surface area (TPSA) is 68.1 Å². The van der Waals surface area contributed by atoms with Crippen LogP contribution in [0.1, 0.15) is 25.3 Å². The molecule has 0 fully saturated rings. The zero-order chi connectivity index (χ0) is 18.0. The zero-order valence-corrected chi connectivity index (χ0v) is 13.9. The molecule has 0 bridgehead atoms. The van der Waals surface area contributed by atoms with Crippen molar-refractivity contribution in [1.82, 2.24) is 0 Å². The molecule has 0 aromatic heterocycles. The lowest BCUT2D eigenvalue weighted by Gasteiger charge is -2.32. The predicted octanol–water partition coefficient (Wildman–Crippen LogP) is 2.94. The number of nitrogens with zero attached hydrogens (tertiary/aromatic N) is 1. The average molecular weight is 339 g/mol. The normalized spacial score (nSPS) is 20.8. The highest BCUT2D eigenvalue weighted by Gasteiger charge is 2.38. The third kappa shape index (κ3) is 3.17. The second-order valence-electron chi connectivity index (χ2n) is 5.62. The van der Waals surface area contributed by atoms with E-state index in [-0.39, 0.29) is 17.7 Å². The van der Waals surface area contributed by atoms with Gasteiger partial charge in [-0.1, -0.05) is 0 Å². The minimum Gasteiger partial charge on any atom is -0.503 e. The fourth-order valence-electron chi connectivity index (χ4n) is 3.02. The van der Waals surface area contributed by atoms with E-state index in [0.717, 1.165) is 12.1 Å². The summed E-state index contributed by atoms with van der Waals surface area (Å²) in [6.07, 6.45) is 0. The first-order valence-electron chi connectivity index (χ1n) is 7.32. The Kier molecular flexibility index (Phi) is 5.33.